The Balaban J connectivity index is 2.14. The second-order valence-corrected chi connectivity index (χ2v) is 7.59. The molecule has 1 atom stereocenters. The van der Waals surface area contributed by atoms with Crippen LogP contribution < -0.4 is 4.72 Å². The van der Waals surface area contributed by atoms with Crippen molar-refractivity contribution in [1.82, 2.24) is 14.5 Å². The number of carboxylic acid groups (broad SMARTS) is 1. The zero-order chi connectivity index (χ0) is 15.6. The molecule has 2 aromatic rings. The van der Waals surface area contributed by atoms with Crippen molar-refractivity contribution in [2.24, 2.45) is 0 Å². The smallest absolute Gasteiger partial charge is 0.325 e. The van der Waals surface area contributed by atoms with E-state index in [1.807, 2.05) is 19.1 Å². The minimum Gasteiger partial charge on any atom is -0.480 e. The van der Waals surface area contributed by atoms with Gasteiger partial charge in [-0.15, -0.1) is 11.3 Å². The van der Waals surface area contributed by atoms with Crippen molar-refractivity contribution in [3.8, 4) is 0 Å². The summed E-state index contributed by atoms with van der Waals surface area (Å²) in [5.41, 5.74) is 0. The fourth-order valence-corrected chi connectivity index (χ4v) is 3.88. The lowest BCUT2D eigenvalue weighted by Crippen LogP contribution is -2.26. The van der Waals surface area contributed by atoms with E-state index >= 15 is 0 Å². The van der Waals surface area contributed by atoms with Gasteiger partial charge in [-0.2, -0.15) is 5.10 Å². The maximum Gasteiger partial charge on any atom is 0.325 e. The summed E-state index contributed by atoms with van der Waals surface area (Å²) in [4.78, 5) is 12.5. The number of nitrogens with zero attached hydrogens (tertiary/aromatic N) is 2. The average Bonchev–Trinajstić information content (AvgIpc) is 2.97. The highest BCUT2D eigenvalue weighted by atomic mass is 32.2. The highest BCUT2D eigenvalue weighted by Gasteiger charge is 2.21. The Morgan fingerprint density at radius 1 is 1.52 bits per heavy atom. The lowest BCUT2D eigenvalue weighted by Gasteiger charge is -2.11. The summed E-state index contributed by atoms with van der Waals surface area (Å²) in [5.74, 6) is -1.09. The molecule has 0 aliphatic heterocycles. The van der Waals surface area contributed by atoms with Crippen molar-refractivity contribution in [3.05, 3.63) is 34.3 Å². The molecule has 0 aliphatic rings. The van der Waals surface area contributed by atoms with E-state index in [1.165, 1.54) is 17.5 Å². The predicted molar refractivity (Wildman–Crippen MR) is 77.7 cm³/mol. The van der Waals surface area contributed by atoms with Gasteiger partial charge in [-0.3, -0.25) is 9.48 Å². The molecule has 0 amide bonds. The van der Waals surface area contributed by atoms with Crippen molar-refractivity contribution in [1.29, 1.82) is 0 Å². The zero-order valence-corrected chi connectivity index (χ0v) is 13.1. The average molecular weight is 329 g/mol. The quantitative estimate of drug-likeness (QED) is 0.833. The van der Waals surface area contributed by atoms with E-state index < -0.39 is 16.0 Å². The standard InChI is InChI=1S/C12H15N3O4S2/c1-8-3-4-11(20-8)9(2)14-21(18,19)10-5-13-15(6-10)7-12(16)17/h3-6,9,14H,7H2,1-2H3,(H,16,17). The van der Waals surface area contributed by atoms with Crippen molar-refractivity contribution in [2.45, 2.75) is 31.3 Å². The van der Waals surface area contributed by atoms with Crippen LogP contribution in [0.15, 0.2) is 29.4 Å². The Morgan fingerprint density at radius 3 is 2.81 bits per heavy atom. The number of hydrogen-bond acceptors (Lipinski definition) is 5. The first-order valence-electron chi connectivity index (χ1n) is 6.11. The van der Waals surface area contributed by atoms with Crippen LogP contribution in [0.25, 0.3) is 0 Å². The van der Waals surface area contributed by atoms with E-state index in [0.29, 0.717) is 0 Å². The fraction of sp³-hybridized carbons (Fsp3) is 0.333. The minimum atomic E-state index is -3.73. The molecular formula is C12H15N3O4S2. The number of aryl methyl sites for hydroxylation is 1. The molecule has 0 saturated carbocycles. The first-order valence-corrected chi connectivity index (χ1v) is 8.41. The Hall–Kier alpha value is -1.71. The Labute approximate surface area is 126 Å². The maximum atomic E-state index is 12.2. The van der Waals surface area contributed by atoms with Gasteiger partial charge in [0, 0.05) is 16.0 Å². The monoisotopic (exact) mass is 329 g/mol. The second-order valence-electron chi connectivity index (χ2n) is 4.56. The molecule has 7 nitrogen and oxygen atoms in total. The molecule has 0 aliphatic carbocycles. The van der Waals surface area contributed by atoms with E-state index in [-0.39, 0.29) is 17.5 Å². The molecule has 0 fully saturated rings. The first kappa shape index (κ1) is 15.7. The van der Waals surface area contributed by atoms with Crippen molar-refractivity contribution < 1.29 is 18.3 Å². The molecular weight excluding hydrogens is 314 g/mol. The zero-order valence-electron chi connectivity index (χ0n) is 11.5. The predicted octanol–water partition coefficient (Wildman–Crippen LogP) is 1.38. The third-order valence-electron chi connectivity index (χ3n) is 2.74. The molecule has 21 heavy (non-hydrogen) atoms. The van der Waals surface area contributed by atoms with Crippen LogP contribution in [0.1, 0.15) is 22.7 Å². The first-order chi connectivity index (χ1) is 9.78. The molecule has 114 valence electrons. The van der Waals surface area contributed by atoms with Gasteiger partial charge >= 0.3 is 5.97 Å². The molecule has 2 N–H and O–H groups in total. The number of rotatable bonds is 6. The minimum absolute atomic E-state index is 0.0520. The third-order valence-corrected chi connectivity index (χ3v) is 5.42. The summed E-state index contributed by atoms with van der Waals surface area (Å²) in [5, 5.41) is 12.4. The van der Waals surface area contributed by atoms with E-state index in [4.69, 9.17) is 5.11 Å². The van der Waals surface area contributed by atoms with Gasteiger partial charge in [0.05, 0.1) is 12.2 Å². The van der Waals surface area contributed by atoms with Crippen LogP contribution >= 0.6 is 11.3 Å². The maximum absolute atomic E-state index is 12.2. The number of nitrogens with one attached hydrogen (secondary N) is 1. The normalized spacial score (nSPS) is 13.2. The summed E-state index contributed by atoms with van der Waals surface area (Å²) in [6.07, 6.45) is 2.33. The highest BCUT2D eigenvalue weighted by Crippen LogP contribution is 2.23. The summed E-state index contributed by atoms with van der Waals surface area (Å²) in [6, 6.07) is 3.44. The SMILES string of the molecule is Cc1ccc(C(C)NS(=O)(=O)c2cnn(CC(=O)O)c2)s1. The van der Waals surface area contributed by atoms with Crippen LogP contribution in [0.2, 0.25) is 0 Å². The molecule has 0 spiro atoms. The molecule has 2 heterocycles. The van der Waals surface area contributed by atoms with Crippen LogP contribution in [0, 0.1) is 6.92 Å². The number of carboxylic acids is 1. The van der Waals surface area contributed by atoms with Gasteiger partial charge in [-0.1, -0.05) is 0 Å². The van der Waals surface area contributed by atoms with Gasteiger partial charge in [-0.05, 0) is 26.0 Å². The van der Waals surface area contributed by atoms with Crippen LogP contribution in [0.3, 0.4) is 0 Å². The van der Waals surface area contributed by atoms with E-state index in [0.717, 1.165) is 20.6 Å². The molecule has 1 unspecified atom stereocenters. The molecule has 0 aromatic carbocycles. The van der Waals surface area contributed by atoms with Crippen molar-refractivity contribution >= 4 is 27.3 Å². The van der Waals surface area contributed by atoms with Gasteiger partial charge in [0.15, 0.2) is 0 Å². The molecule has 2 aromatic heterocycles. The van der Waals surface area contributed by atoms with Crippen molar-refractivity contribution in [2.75, 3.05) is 0 Å². The highest BCUT2D eigenvalue weighted by molar-refractivity contribution is 7.89. The van der Waals surface area contributed by atoms with Crippen LogP contribution in [0.4, 0.5) is 0 Å². The Kier molecular flexibility index (Phi) is 4.45. The van der Waals surface area contributed by atoms with Gasteiger partial charge in [0.25, 0.3) is 0 Å². The fourth-order valence-electron chi connectivity index (χ4n) is 1.75. The Bertz CT molecular complexity index is 748. The summed E-state index contributed by atoms with van der Waals surface area (Å²) in [7, 11) is -3.73. The van der Waals surface area contributed by atoms with Crippen LogP contribution in [0.5, 0.6) is 0 Å². The van der Waals surface area contributed by atoms with E-state index in [2.05, 4.69) is 9.82 Å². The molecule has 0 bridgehead atoms. The van der Waals surface area contributed by atoms with Crippen LogP contribution in [-0.4, -0.2) is 29.3 Å². The largest absolute Gasteiger partial charge is 0.480 e. The van der Waals surface area contributed by atoms with Crippen molar-refractivity contribution in [3.63, 3.8) is 0 Å². The summed E-state index contributed by atoms with van der Waals surface area (Å²) < 4.78 is 28.0. The molecule has 2 rings (SSSR count). The lowest BCUT2D eigenvalue weighted by molar-refractivity contribution is -0.137. The number of thiophene rings is 1. The number of hydrogen-bond donors (Lipinski definition) is 2. The second kappa shape index (κ2) is 5.96. The van der Waals surface area contributed by atoms with E-state index in [9.17, 15) is 13.2 Å². The van der Waals surface area contributed by atoms with Gasteiger partial charge < -0.3 is 5.11 Å². The van der Waals surface area contributed by atoms with Gasteiger partial charge in [0.2, 0.25) is 10.0 Å². The number of sulfonamides is 1. The van der Waals surface area contributed by atoms with Gasteiger partial charge in [-0.25, -0.2) is 13.1 Å². The number of carbonyl (C=O) groups is 1. The number of aromatic nitrogens is 2. The molecule has 0 saturated heterocycles. The Morgan fingerprint density at radius 2 is 2.24 bits per heavy atom. The lowest BCUT2D eigenvalue weighted by atomic mass is 10.3. The third kappa shape index (κ3) is 3.90. The summed E-state index contributed by atoms with van der Waals surface area (Å²) >= 11 is 1.52. The molecule has 0 radical (unpaired) electrons. The molecule has 9 heteroatoms. The number of aliphatic carboxylic acids is 1. The van der Waals surface area contributed by atoms with Gasteiger partial charge in [0.1, 0.15) is 11.4 Å². The summed E-state index contributed by atoms with van der Waals surface area (Å²) in [6.45, 7) is 3.32. The van der Waals surface area contributed by atoms with Crippen LogP contribution in [-0.2, 0) is 21.4 Å². The topological polar surface area (TPSA) is 101 Å². The van der Waals surface area contributed by atoms with E-state index in [1.54, 1.807) is 6.92 Å².